The van der Waals surface area contributed by atoms with Crippen LogP contribution in [0.15, 0.2) is 0 Å². The Labute approximate surface area is 114 Å². The standard InChI is InChI=1S/C12H18F5N3/c1-7(2)20-9(11(13,14)12(15,16)17)8(18-19-20)6-10(3,4)5/h7H,6H2,1-5H3. The number of alkyl halides is 5. The maximum Gasteiger partial charge on any atom is 0.459 e. The Kier molecular flexibility index (Phi) is 4.18. The van der Waals surface area contributed by atoms with E-state index in [1.165, 1.54) is 13.8 Å². The summed E-state index contributed by atoms with van der Waals surface area (Å²) in [5.74, 6) is -4.97. The smallest absolute Gasteiger partial charge is 0.240 e. The van der Waals surface area contributed by atoms with Gasteiger partial charge >= 0.3 is 12.1 Å². The number of hydrogen-bond acceptors (Lipinski definition) is 2. The maximum atomic E-state index is 13.7. The summed E-state index contributed by atoms with van der Waals surface area (Å²) in [6, 6.07) is -0.639. The molecule has 116 valence electrons. The Bertz CT molecular complexity index is 468. The van der Waals surface area contributed by atoms with E-state index >= 15 is 0 Å². The van der Waals surface area contributed by atoms with Gasteiger partial charge in [-0.3, -0.25) is 0 Å². The Balaban J connectivity index is 3.44. The van der Waals surface area contributed by atoms with Crippen LogP contribution in [0.1, 0.15) is 52.0 Å². The molecule has 20 heavy (non-hydrogen) atoms. The molecule has 0 aliphatic rings. The zero-order valence-electron chi connectivity index (χ0n) is 12.0. The molecule has 0 aliphatic heterocycles. The SMILES string of the molecule is CC(C)n1nnc(CC(C)(C)C)c1C(F)(F)C(F)(F)F. The average Bonchev–Trinajstić information content (AvgIpc) is 2.57. The van der Waals surface area contributed by atoms with Gasteiger partial charge in [-0.2, -0.15) is 22.0 Å². The van der Waals surface area contributed by atoms with Gasteiger partial charge in [-0.15, -0.1) is 5.10 Å². The van der Waals surface area contributed by atoms with Crippen molar-refractivity contribution in [2.45, 2.75) is 59.2 Å². The first-order valence-corrected chi connectivity index (χ1v) is 6.16. The molecular formula is C12H18F5N3. The van der Waals surface area contributed by atoms with Gasteiger partial charge in [0.05, 0.1) is 5.69 Å². The van der Waals surface area contributed by atoms with Crippen LogP contribution in [0.5, 0.6) is 0 Å². The average molecular weight is 299 g/mol. The molecule has 0 fully saturated rings. The van der Waals surface area contributed by atoms with Crippen LogP contribution < -0.4 is 0 Å². The van der Waals surface area contributed by atoms with Crippen molar-refractivity contribution in [1.29, 1.82) is 0 Å². The lowest BCUT2D eigenvalue weighted by atomic mass is 9.89. The molecule has 0 N–H and O–H groups in total. The first-order valence-electron chi connectivity index (χ1n) is 6.16. The predicted octanol–water partition coefficient (Wildman–Crippen LogP) is 4.10. The van der Waals surface area contributed by atoms with Crippen LogP contribution in [0.3, 0.4) is 0 Å². The molecule has 0 saturated carbocycles. The highest BCUT2D eigenvalue weighted by Gasteiger charge is 2.62. The molecular weight excluding hydrogens is 281 g/mol. The molecule has 8 heteroatoms. The molecule has 1 aromatic rings. The lowest BCUT2D eigenvalue weighted by Crippen LogP contribution is -2.37. The summed E-state index contributed by atoms with van der Waals surface area (Å²) in [6.45, 7) is 8.15. The number of nitrogens with zero attached hydrogens (tertiary/aromatic N) is 3. The zero-order chi connectivity index (χ0) is 15.9. The Hall–Kier alpha value is -1.21. The highest BCUT2D eigenvalue weighted by Crippen LogP contribution is 2.45. The Morgan fingerprint density at radius 3 is 1.90 bits per heavy atom. The van der Waals surface area contributed by atoms with Crippen molar-refractivity contribution < 1.29 is 22.0 Å². The minimum absolute atomic E-state index is 0.0132. The second kappa shape index (κ2) is 4.96. The molecule has 1 heterocycles. The fourth-order valence-corrected chi connectivity index (χ4v) is 1.77. The van der Waals surface area contributed by atoms with E-state index in [1.54, 1.807) is 20.8 Å². The normalized spacial score (nSPS) is 14.2. The van der Waals surface area contributed by atoms with E-state index in [-0.39, 0.29) is 12.1 Å². The highest BCUT2D eigenvalue weighted by molar-refractivity contribution is 5.20. The van der Waals surface area contributed by atoms with Gasteiger partial charge in [0.2, 0.25) is 0 Å². The number of aromatic nitrogens is 3. The third kappa shape index (κ3) is 3.27. The van der Waals surface area contributed by atoms with E-state index in [2.05, 4.69) is 10.3 Å². The van der Waals surface area contributed by atoms with Crippen molar-refractivity contribution in [2.75, 3.05) is 0 Å². The monoisotopic (exact) mass is 299 g/mol. The molecule has 0 saturated heterocycles. The van der Waals surface area contributed by atoms with Crippen molar-refractivity contribution in [3.8, 4) is 0 Å². The van der Waals surface area contributed by atoms with Gasteiger partial charge in [0.1, 0.15) is 5.69 Å². The summed E-state index contributed by atoms with van der Waals surface area (Å²) in [7, 11) is 0. The number of hydrogen-bond donors (Lipinski definition) is 0. The number of halogens is 5. The first-order chi connectivity index (χ1) is 8.77. The number of rotatable bonds is 3. The van der Waals surface area contributed by atoms with Crippen molar-refractivity contribution in [1.82, 2.24) is 15.0 Å². The van der Waals surface area contributed by atoms with E-state index in [1.807, 2.05) is 0 Å². The highest BCUT2D eigenvalue weighted by atomic mass is 19.4. The molecule has 1 rings (SSSR count). The fraction of sp³-hybridized carbons (Fsp3) is 0.833. The van der Waals surface area contributed by atoms with E-state index in [0.29, 0.717) is 4.68 Å². The van der Waals surface area contributed by atoms with Crippen molar-refractivity contribution in [3.05, 3.63) is 11.4 Å². The minimum atomic E-state index is -5.67. The van der Waals surface area contributed by atoms with Gasteiger partial charge in [0.25, 0.3) is 0 Å². The second-order valence-electron chi connectivity index (χ2n) is 6.23. The minimum Gasteiger partial charge on any atom is -0.240 e. The second-order valence-corrected chi connectivity index (χ2v) is 6.23. The Morgan fingerprint density at radius 2 is 1.55 bits per heavy atom. The van der Waals surface area contributed by atoms with E-state index in [0.717, 1.165) is 0 Å². The predicted molar refractivity (Wildman–Crippen MR) is 63.5 cm³/mol. The molecule has 3 nitrogen and oxygen atoms in total. The van der Waals surface area contributed by atoms with Gasteiger partial charge < -0.3 is 0 Å². The van der Waals surface area contributed by atoms with Crippen molar-refractivity contribution in [3.63, 3.8) is 0 Å². The summed E-state index contributed by atoms with van der Waals surface area (Å²) in [5.41, 5.74) is -1.95. The van der Waals surface area contributed by atoms with Gasteiger partial charge in [-0.25, -0.2) is 4.68 Å². The van der Waals surface area contributed by atoms with Crippen LogP contribution in [0.4, 0.5) is 22.0 Å². The molecule has 1 aromatic heterocycles. The first kappa shape index (κ1) is 16.8. The third-order valence-corrected chi connectivity index (χ3v) is 2.60. The van der Waals surface area contributed by atoms with Crippen molar-refractivity contribution >= 4 is 0 Å². The molecule has 0 atom stereocenters. The van der Waals surface area contributed by atoms with Crippen LogP contribution >= 0.6 is 0 Å². The van der Waals surface area contributed by atoms with Gasteiger partial charge in [-0.05, 0) is 25.7 Å². The fourth-order valence-electron chi connectivity index (χ4n) is 1.77. The third-order valence-electron chi connectivity index (χ3n) is 2.60. The maximum absolute atomic E-state index is 13.7. The van der Waals surface area contributed by atoms with Crippen LogP contribution in [-0.4, -0.2) is 21.2 Å². The summed E-state index contributed by atoms with van der Waals surface area (Å²) in [4.78, 5) is 0. The van der Waals surface area contributed by atoms with E-state index in [9.17, 15) is 22.0 Å². The van der Waals surface area contributed by atoms with Crippen LogP contribution in [0, 0.1) is 5.41 Å². The lowest BCUT2D eigenvalue weighted by molar-refractivity contribution is -0.292. The summed E-state index contributed by atoms with van der Waals surface area (Å²) >= 11 is 0. The van der Waals surface area contributed by atoms with Gasteiger partial charge in [0.15, 0.2) is 0 Å². The molecule has 0 amide bonds. The molecule has 0 unspecified atom stereocenters. The van der Waals surface area contributed by atoms with Crippen LogP contribution in [-0.2, 0) is 12.3 Å². The summed E-state index contributed by atoms with van der Waals surface area (Å²) < 4.78 is 66.0. The molecule has 0 aromatic carbocycles. The van der Waals surface area contributed by atoms with Gasteiger partial charge in [-0.1, -0.05) is 26.0 Å². The molecule has 0 spiro atoms. The lowest BCUT2D eigenvalue weighted by Gasteiger charge is -2.24. The van der Waals surface area contributed by atoms with Crippen LogP contribution in [0.25, 0.3) is 0 Å². The van der Waals surface area contributed by atoms with Crippen molar-refractivity contribution in [2.24, 2.45) is 5.41 Å². The quantitative estimate of drug-likeness (QED) is 0.787. The van der Waals surface area contributed by atoms with E-state index < -0.39 is 29.2 Å². The molecule has 0 aliphatic carbocycles. The molecule has 0 bridgehead atoms. The van der Waals surface area contributed by atoms with E-state index in [4.69, 9.17) is 0 Å². The van der Waals surface area contributed by atoms with Crippen LogP contribution in [0.2, 0.25) is 0 Å². The zero-order valence-corrected chi connectivity index (χ0v) is 12.0. The summed E-state index contributed by atoms with van der Waals surface area (Å²) in [6.07, 6.45) is -5.69. The largest absolute Gasteiger partial charge is 0.459 e. The molecule has 0 radical (unpaired) electrons. The summed E-state index contributed by atoms with van der Waals surface area (Å²) in [5, 5.41) is 7.00. The van der Waals surface area contributed by atoms with Gasteiger partial charge in [0, 0.05) is 6.04 Å². The Morgan fingerprint density at radius 1 is 1.05 bits per heavy atom. The topological polar surface area (TPSA) is 30.7 Å².